The van der Waals surface area contributed by atoms with Gasteiger partial charge in [0, 0.05) is 18.9 Å². The van der Waals surface area contributed by atoms with Gasteiger partial charge in [-0.25, -0.2) is 0 Å². The van der Waals surface area contributed by atoms with Crippen molar-refractivity contribution in [2.24, 2.45) is 5.73 Å². The molecule has 1 atom stereocenters. The van der Waals surface area contributed by atoms with Crippen LogP contribution < -0.4 is 11.1 Å². The first kappa shape index (κ1) is 9.27. The number of fused-ring (bicyclic) bond motifs is 1. The summed E-state index contributed by atoms with van der Waals surface area (Å²) >= 11 is 0. The second-order valence-corrected chi connectivity index (χ2v) is 3.54. The molecule has 2 rings (SSSR count). The molecule has 1 amide bonds. The minimum atomic E-state index is -0.163. The standard InChI is InChI=1S/C10H14N2O2/c1-2-6-5-8-10(14-6)7(11)3-4-9(13)12-8/h5,7H,2-4,11H2,1H3,(H,12,13). The molecule has 1 aliphatic heterocycles. The Balaban J connectivity index is 2.38. The molecule has 0 radical (unpaired) electrons. The molecule has 0 saturated carbocycles. The number of nitrogens with two attached hydrogens (primary N) is 1. The van der Waals surface area contributed by atoms with Crippen LogP contribution in [0.2, 0.25) is 0 Å². The van der Waals surface area contributed by atoms with E-state index in [4.69, 9.17) is 10.2 Å². The highest BCUT2D eigenvalue weighted by molar-refractivity contribution is 5.92. The summed E-state index contributed by atoms with van der Waals surface area (Å²) in [4.78, 5) is 11.3. The van der Waals surface area contributed by atoms with E-state index < -0.39 is 0 Å². The predicted molar refractivity (Wildman–Crippen MR) is 52.9 cm³/mol. The monoisotopic (exact) mass is 194 g/mol. The molecular formula is C10H14N2O2. The lowest BCUT2D eigenvalue weighted by atomic mass is 10.1. The first-order valence-electron chi connectivity index (χ1n) is 4.88. The van der Waals surface area contributed by atoms with Gasteiger partial charge in [-0.3, -0.25) is 4.79 Å². The van der Waals surface area contributed by atoms with E-state index in [1.165, 1.54) is 0 Å². The van der Waals surface area contributed by atoms with Crippen LogP contribution in [0.5, 0.6) is 0 Å². The molecular weight excluding hydrogens is 180 g/mol. The number of rotatable bonds is 1. The highest BCUT2D eigenvalue weighted by Crippen LogP contribution is 2.31. The minimum absolute atomic E-state index is 0.0163. The average Bonchev–Trinajstić information content (AvgIpc) is 2.52. The first-order chi connectivity index (χ1) is 6.70. The number of anilines is 1. The zero-order valence-electron chi connectivity index (χ0n) is 8.17. The summed E-state index contributed by atoms with van der Waals surface area (Å²) in [5.41, 5.74) is 6.64. The van der Waals surface area contributed by atoms with Crippen molar-refractivity contribution < 1.29 is 9.21 Å². The van der Waals surface area contributed by atoms with Crippen LogP contribution >= 0.6 is 0 Å². The summed E-state index contributed by atoms with van der Waals surface area (Å²) in [5.74, 6) is 1.60. The molecule has 0 fully saturated rings. The lowest BCUT2D eigenvalue weighted by Crippen LogP contribution is -2.09. The Bertz CT molecular complexity index is 357. The summed E-state index contributed by atoms with van der Waals surface area (Å²) < 4.78 is 5.56. The summed E-state index contributed by atoms with van der Waals surface area (Å²) in [7, 11) is 0. The van der Waals surface area contributed by atoms with Crippen LogP contribution in [0.1, 0.15) is 37.3 Å². The molecule has 0 aromatic carbocycles. The van der Waals surface area contributed by atoms with Gasteiger partial charge in [0.15, 0.2) is 0 Å². The van der Waals surface area contributed by atoms with Crippen LogP contribution in [0.3, 0.4) is 0 Å². The molecule has 0 saturated heterocycles. The zero-order valence-corrected chi connectivity index (χ0v) is 8.17. The molecule has 0 aliphatic carbocycles. The van der Waals surface area contributed by atoms with Gasteiger partial charge < -0.3 is 15.5 Å². The van der Waals surface area contributed by atoms with Crippen molar-refractivity contribution in [2.45, 2.75) is 32.2 Å². The fraction of sp³-hybridized carbons (Fsp3) is 0.500. The maximum absolute atomic E-state index is 11.3. The number of carbonyl (C=O) groups is 1. The maximum Gasteiger partial charge on any atom is 0.224 e. The van der Waals surface area contributed by atoms with E-state index in [0.717, 1.165) is 17.9 Å². The largest absolute Gasteiger partial charge is 0.462 e. The molecule has 4 nitrogen and oxygen atoms in total. The molecule has 1 aromatic rings. The zero-order chi connectivity index (χ0) is 10.1. The van der Waals surface area contributed by atoms with Crippen molar-refractivity contribution in [3.05, 3.63) is 17.6 Å². The van der Waals surface area contributed by atoms with E-state index in [2.05, 4.69) is 5.32 Å². The second kappa shape index (κ2) is 3.46. The summed E-state index contributed by atoms with van der Waals surface area (Å²) in [6, 6.07) is 1.70. The molecule has 4 heteroatoms. The molecule has 1 aromatic heterocycles. The summed E-state index contributed by atoms with van der Waals surface area (Å²) in [5, 5.41) is 2.79. The third kappa shape index (κ3) is 1.53. The maximum atomic E-state index is 11.3. The highest BCUT2D eigenvalue weighted by atomic mass is 16.3. The third-order valence-electron chi connectivity index (χ3n) is 2.45. The van der Waals surface area contributed by atoms with Crippen molar-refractivity contribution in [1.29, 1.82) is 0 Å². The Hall–Kier alpha value is -1.29. The Labute approximate surface area is 82.5 Å². The van der Waals surface area contributed by atoms with Crippen molar-refractivity contribution in [2.75, 3.05) is 5.32 Å². The number of carbonyl (C=O) groups excluding carboxylic acids is 1. The van der Waals surface area contributed by atoms with Crippen molar-refractivity contribution in [3.8, 4) is 0 Å². The Morgan fingerprint density at radius 1 is 1.71 bits per heavy atom. The van der Waals surface area contributed by atoms with Gasteiger partial charge in [0.05, 0.1) is 11.7 Å². The number of hydrogen-bond donors (Lipinski definition) is 2. The number of nitrogens with one attached hydrogen (secondary N) is 1. The van der Waals surface area contributed by atoms with Gasteiger partial charge in [0.2, 0.25) is 5.91 Å². The topological polar surface area (TPSA) is 68.3 Å². The van der Waals surface area contributed by atoms with Crippen LogP contribution in [-0.4, -0.2) is 5.91 Å². The predicted octanol–water partition coefficient (Wildman–Crippen LogP) is 1.57. The van der Waals surface area contributed by atoms with E-state index in [1.54, 1.807) is 0 Å². The van der Waals surface area contributed by atoms with E-state index in [1.807, 2.05) is 13.0 Å². The van der Waals surface area contributed by atoms with Crippen LogP contribution in [0, 0.1) is 0 Å². The quantitative estimate of drug-likeness (QED) is 0.713. The smallest absolute Gasteiger partial charge is 0.224 e. The van der Waals surface area contributed by atoms with Crippen molar-refractivity contribution >= 4 is 11.6 Å². The second-order valence-electron chi connectivity index (χ2n) is 3.54. The van der Waals surface area contributed by atoms with Gasteiger partial charge in [-0.05, 0) is 6.42 Å². The Kier molecular flexibility index (Phi) is 2.29. The molecule has 76 valence electrons. The third-order valence-corrected chi connectivity index (χ3v) is 2.45. The van der Waals surface area contributed by atoms with Gasteiger partial charge >= 0.3 is 0 Å². The van der Waals surface area contributed by atoms with Crippen LogP contribution in [0.15, 0.2) is 10.5 Å². The first-order valence-corrected chi connectivity index (χ1v) is 4.88. The van der Waals surface area contributed by atoms with E-state index in [9.17, 15) is 4.79 Å². The van der Waals surface area contributed by atoms with Gasteiger partial charge in [-0.1, -0.05) is 6.92 Å². The number of aryl methyl sites for hydroxylation is 1. The minimum Gasteiger partial charge on any atom is -0.462 e. The van der Waals surface area contributed by atoms with Crippen molar-refractivity contribution in [3.63, 3.8) is 0 Å². The fourth-order valence-electron chi connectivity index (χ4n) is 1.64. The number of furan rings is 1. The van der Waals surface area contributed by atoms with Gasteiger partial charge in [0.25, 0.3) is 0 Å². The molecule has 1 unspecified atom stereocenters. The number of amides is 1. The van der Waals surface area contributed by atoms with Gasteiger partial charge in [-0.15, -0.1) is 0 Å². The van der Waals surface area contributed by atoms with E-state index >= 15 is 0 Å². The average molecular weight is 194 g/mol. The molecule has 2 heterocycles. The lowest BCUT2D eigenvalue weighted by Gasteiger charge is -2.04. The lowest BCUT2D eigenvalue weighted by molar-refractivity contribution is -0.116. The molecule has 0 spiro atoms. The molecule has 1 aliphatic rings. The van der Waals surface area contributed by atoms with Gasteiger partial charge in [-0.2, -0.15) is 0 Å². The van der Waals surface area contributed by atoms with E-state index in [0.29, 0.717) is 18.6 Å². The molecule has 0 bridgehead atoms. The fourth-order valence-corrected chi connectivity index (χ4v) is 1.64. The van der Waals surface area contributed by atoms with Crippen LogP contribution in [0.4, 0.5) is 5.69 Å². The molecule has 3 N–H and O–H groups in total. The normalized spacial score (nSPS) is 21.3. The molecule has 14 heavy (non-hydrogen) atoms. The van der Waals surface area contributed by atoms with Crippen LogP contribution in [0.25, 0.3) is 0 Å². The van der Waals surface area contributed by atoms with E-state index in [-0.39, 0.29) is 11.9 Å². The Morgan fingerprint density at radius 2 is 2.50 bits per heavy atom. The summed E-state index contributed by atoms with van der Waals surface area (Å²) in [6.45, 7) is 2.01. The SMILES string of the molecule is CCc1cc2c(o1)C(N)CCC(=O)N2. The highest BCUT2D eigenvalue weighted by Gasteiger charge is 2.23. The summed E-state index contributed by atoms with van der Waals surface area (Å²) in [6.07, 6.45) is 1.93. The number of hydrogen-bond acceptors (Lipinski definition) is 3. The van der Waals surface area contributed by atoms with Crippen LogP contribution in [-0.2, 0) is 11.2 Å². The van der Waals surface area contributed by atoms with Gasteiger partial charge in [0.1, 0.15) is 11.5 Å². The Morgan fingerprint density at radius 3 is 3.21 bits per heavy atom. The van der Waals surface area contributed by atoms with Crippen molar-refractivity contribution in [1.82, 2.24) is 0 Å².